The highest BCUT2D eigenvalue weighted by atomic mass is 16.3. The Kier molecular flexibility index (Phi) is 5.13. The minimum atomic E-state index is -0.138. The maximum absolute atomic E-state index is 10.7. The first-order valence-electron chi connectivity index (χ1n) is 9.42. The molecule has 1 aliphatic heterocycles. The Morgan fingerprint density at radius 1 is 0.957 bits per heavy atom. The van der Waals surface area contributed by atoms with Gasteiger partial charge in [0.2, 0.25) is 0 Å². The van der Waals surface area contributed by atoms with E-state index in [4.69, 9.17) is 0 Å². The minimum Gasteiger partial charge on any atom is -0.391 e. The molecule has 2 fully saturated rings. The molecule has 23 heavy (non-hydrogen) atoms. The lowest BCUT2D eigenvalue weighted by molar-refractivity contribution is -0.0262. The molecule has 1 aliphatic carbocycles. The summed E-state index contributed by atoms with van der Waals surface area (Å²) in [6.45, 7) is 9.23. The molecule has 1 saturated heterocycles. The van der Waals surface area contributed by atoms with E-state index < -0.39 is 0 Å². The van der Waals surface area contributed by atoms with Gasteiger partial charge in [0.05, 0.1) is 6.10 Å². The Bertz CT molecular complexity index is 484. The molecule has 3 atom stereocenters. The zero-order chi connectivity index (χ0) is 16.4. The van der Waals surface area contributed by atoms with Gasteiger partial charge in [-0.2, -0.15) is 0 Å². The van der Waals surface area contributed by atoms with E-state index in [0.29, 0.717) is 23.3 Å². The first-order chi connectivity index (χ1) is 10.9. The molecule has 2 aliphatic rings. The van der Waals surface area contributed by atoms with Crippen molar-refractivity contribution in [2.45, 2.75) is 70.9 Å². The summed E-state index contributed by atoms with van der Waals surface area (Å²) >= 11 is 0. The summed E-state index contributed by atoms with van der Waals surface area (Å²) in [5, 5.41) is 10.7. The Hall–Kier alpha value is -0.860. The molecule has 2 heteroatoms. The van der Waals surface area contributed by atoms with Crippen LogP contribution in [0.4, 0.5) is 0 Å². The third-order valence-corrected chi connectivity index (χ3v) is 6.28. The zero-order valence-electron chi connectivity index (χ0n) is 15.0. The van der Waals surface area contributed by atoms with Crippen LogP contribution in [0.15, 0.2) is 30.3 Å². The van der Waals surface area contributed by atoms with Gasteiger partial charge in [-0.25, -0.2) is 0 Å². The van der Waals surface area contributed by atoms with Crippen LogP contribution >= 0.6 is 0 Å². The number of rotatable bonds is 2. The highest BCUT2D eigenvalue weighted by molar-refractivity contribution is 5.20. The van der Waals surface area contributed by atoms with Gasteiger partial charge in [-0.3, -0.25) is 4.90 Å². The summed E-state index contributed by atoms with van der Waals surface area (Å²) < 4.78 is 0. The molecule has 1 heterocycles. The van der Waals surface area contributed by atoms with Crippen LogP contribution in [0.5, 0.6) is 0 Å². The monoisotopic (exact) mass is 315 g/mol. The largest absolute Gasteiger partial charge is 0.391 e. The second-order valence-corrected chi connectivity index (χ2v) is 8.73. The van der Waals surface area contributed by atoms with E-state index in [2.05, 4.69) is 56.0 Å². The highest BCUT2D eigenvalue weighted by Gasteiger charge is 2.38. The average Bonchev–Trinajstić information content (AvgIpc) is 2.55. The van der Waals surface area contributed by atoms with E-state index in [-0.39, 0.29) is 6.10 Å². The first-order valence-corrected chi connectivity index (χ1v) is 9.42. The standard InChI is InChI=1S/C21H33NO/c1-21(2,3)18-9-10-19(20(23)15-18)22-13-11-17(12-14-22)16-7-5-4-6-8-16/h4-8,17-20,23H,9-15H2,1-3H3/t18-,19+,20+/m0/s1. The van der Waals surface area contributed by atoms with Gasteiger partial charge in [0, 0.05) is 6.04 Å². The minimum absolute atomic E-state index is 0.138. The number of aliphatic hydroxyl groups is 1. The van der Waals surface area contributed by atoms with E-state index >= 15 is 0 Å². The van der Waals surface area contributed by atoms with E-state index in [1.54, 1.807) is 0 Å². The molecule has 3 rings (SSSR count). The molecule has 2 nitrogen and oxygen atoms in total. The second kappa shape index (κ2) is 6.94. The number of nitrogens with zero attached hydrogens (tertiary/aromatic N) is 1. The van der Waals surface area contributed by atoms with Crippen LogP contribution in [-0.2, 0) is 0 Å². The Labute approximate surface area is 141 Å². The lowest BCUT2D eigenvalue weighted by Gasteiger charge is -2.46. The molecule has 0 amide bonds. The predicted molar refractivity (Wildman–Crippen MR) is 96.6 cm³/mol. The number of piperidine rings is 1. The summed E-state index contributed by atoms with van der Waals surface area (Å²) in [5.74, 6) is 1.37. The fourth-order valence-electron chi connectivity index (χ4n) is 4.63. The van der Waals surface area contributed by atoms with Crippen molar-refractivity contribution in [3.8, 4) is 0 Å². The molecule has 1 saturated carbocycles. The van der Waals surface area contributed by atoms with Gasteiger partial charge < -0.3 is 5.11 Å². The van der Waals surface area contributed by atoms with Crippen LogP contribution in [0.25, 0.3) is 0 Å². The Balaban J connectivity index is 1.54. The van der Waals surface area contributed by atoms with Crippen LogP contribution in [0.2, 0.25) is 0 Å². The number of hydrogen-bond donors (Lipinski definition) is 1. The zero-order valence-corrected chi connectivity index (χ0v) is 15.0. The summed E-state index contributed by atoms with van der Waals surface area (Å²) in [4.78, 5) is 2.57. The molecule has 1 aromatic rings. The quantitative estimate of drug-likeness (QED) is 0.872. The summed E-state index contributed by atoms with van der Waals surface area (Å²) in [6, 6.07) is 11.3. The summed E-state index contributed by atoms with van der Waals surface area (Å²) in [6.07, 6.45) is 5.74. The van der Waals surface area contributed by atoms with Crippen molar-refractivity contribution in [1.82, 2.24) is 4.90 Å². The summed E-state index contributed by atoms with van der Waals surface area (Å²) in [5.41, 5.74) is 1.82. The van der Waals surface area contributed by atoms with Gasteiger partial charge in [-0.1, -0.05) is 51.1 Å². The van der Waals surface area contributed by atoms with Crippen LogP contribution in [0.1, 0.15) is 64.4 Å². The molecule has 1 aromatic carbocycles. The number of benzene rings is 1. The molecule has 0 spiro atoms. The SMILES string of the molecule is CC(C)(C)[C@H]1CC[C@@H](N2CCC(c3ccccc3)CC2)[C@H](O)C1. The fourth-order valence-corrected chi connectivity index (χ4v) is 4.63. The van der Waals surface area contributed by atoms with Gasteiger partial charge in [0.25, 0.3) is 0 Å². The third-order valence-electron chi connectivity index (χ3n) is 6.28. The van der Waals surface area contributed by atoms with Crippen molar-refractivity contribution >= 4 is 0 Å². The topological polar surface area (TPSA) is 23.5 Å². The van der Waals surface area contributed by atoms with Crippen LogP contribution in [0, 0.1) is 11.3 Å². The lowest BCUT2D eigenvalue weighted by atomic mass is 9.70. The Morgan fingerprint density at radius 3 is 2.17 bits per heavy atom. The average molecular weight is 316 g/mol. The molecular formula is C21H33NO. The Morgan fingerprint density at radius 2 is 1.61 bits per heavy atom. The number of hydrogen-bond acceptors (Lipinski definition) is 2. The van der Waals surface area contributed by atoms with Crippen LogP contribution in [0.3, 0.4) is 0 Å². The van der Waals surface area contributed by atoms with Gasteiger partial charge in [0.15, 0.2) is 0 Å². The summed E-state index contributed by atoms with van der Waals surface area (Å²) in [7, 11) is 0. The van der Waals surface area contributed by atoms with Crippen molar-refractivity contribution < 1.29 is 5.11 Å². The number of likely N-dealkylation sites (tertiary alicyclic amines) is 1. The molecule has 0 bridgehead atoms. The number of aliphatic hydroxyl groups excluding tert-OH is 1. The van der Waals surface area contributed by atoms with Crippen molar-refractivity contribution in [2.24, 2.45) is 11.3 Å². The fraction of sp³-hybridized carbons (Fsp3) is 0.714. The van der Waals surface area contributed by atoms with E-state index in [9.17, 15) is 5.11 Å². The normalized spacial score (nSPS) is 31.2. The van der Waals surface area contributed by atoms with Gasteiger partial charge >= 0.3 is 0 Å². The molecule has 1 N–H and O–H groups in total. The lowest BCUT2D eigenvalue weighted by Crippen LogP contribution is -2.50. The molecule has 0 aromatic heterocycles. The van der Waals surface area contributed by atoms with Crippen molar-refractivity contribution in [2.75, 3.05) is 13.1 Å². The van der Waals surface area contributed by atoms with Gasteiger partial charge in [-0.05, 0) is 68.0 Å². The maximum Gasteiger partial charge on any atom is 0.0698 e. The van der Waals surface area contributed by atoms with E-state index in [1.807, 2.05) is 0 Å². The van der Waals surface area contributed by atoms with Crippen molar-refractivity contribution in [3.63, 3.8) is 0 Å². The highest BCUT2D eigenvalue weighted by Crippen LogP contribution is 2.40. The molecule has 0 unspecified atom stereocenters. The maximum atomic E-state index is 10.7. The van der Waals surface area contributed by atoms with Crippen molar-refractivity contribution in [3.05, 3.63) is 35.9 Å². The van der Waals surface area contributed by atoms with E-state index in [1.165, 1.54) is 31.2 Å². The van der Waals surface area contributed by atoms with Crippen LogP contribution in [-0.4, -0.2) is 35.2 Å². The molecule has 0 radical (unpaired) electrons. The van der Waals surface area contributed by atoms with Gasteiger partial charge in [0.1, 0.15) is 0 Å². The van der Waals surface area contributed by atoms with E-state index in [0.717, 1.165) is 19.5 Å². The molecular weight excluding hydrogens is 282 g/mol. The molecule has 128 valence electrons. The van der Waals surface area contributed by atoms with Gasteiger partial charge in [-0.15, -0.1) is 0 Å². The first kappa shape index (κ1) is 17.0. The predicted octanol–water partition coefficient (Wildman–Crippen LogP) is 4.44. The third kappa shape index (κ3) is 3.97. The second-order valence-electron chi connectivity index (χ2n) is 8.73. The smallest absolute Gasteiger partial charge is 0.0698 e. The van der Waals surface area contributed by atoms with Crippen LogP contribution < -0.4 is 0 Å². The van der Waals surface area contributed by atoms with Crippen molar-refractivity contribution in [1.29, 1.82) is 0 Å².